The molecule has 2 aromatic rings. The van der Waals surface area contributed by atoms with Crippen LogP contribution in [0.2, 0.25) is 0 Å². The smallest absolute Gasteiger partial charge is 0.333 e. The SMILES string of the molecule is C=C(CC)C(=O)OCCCc1cc(-c2ccc(C3CCC(C)CC3)cc2F)ccc1CCO. The van der Waals surface area contributed by atoms with Crippen molar-refractivity contribution in [2.75, 3.05) is 13.2 Å². The van der Waals surface area contributed by atoms with Crippen LogP contribution in [-0.2, 0) is 22.4 Å². The van der Waals surface area contributed by atoms with Crippen LogP contribution in [0.5, 0.6) is 0 Å². The van der Waals surface area contributed by atoms with Crippen LogP contribution in [0, 0.1) is 11.7 Å². The third-order valence-corrected chi connectivity index (χ3v) is 6.92. The Morgan fingerprint density at radius 2 is 1.85 bits per heavy atom. The molecule has 0 amide bonds. The van der Waals surface area contributed by atoms with Gasteiger partial charge in [0.1, 0.15) is 5.82 Å². The van der Waals surface area contributed by atoms with Crippen molar-refractivity contribution < 1.29 is 19.0 Å². The quantitative estimate of drug-likeness (QED) is 0.246. The molecule has 0 heterocycles. The van der Waals surface area contributed by atoms with Crippen LogP contribution in [0.3, 0.4) is 0 Å². The van der Waals surface area contributed by atoms with Gasteiger partial charge in [-0.05, 0) is 78.7 Å². The fourth-order valence-electron chi connectivity index (χ4n) is 4.68. The highest BCUT2D eigenvalue weighted by Crippen LogP contribution is 2.37. The molecule has 3 rings (SSSR count). The zero-order valence-corrected chi connectivity index (χ0v) is 20.0. The molecule has 1 aliphatic carbocycles. The Morgan fingerprint density at radius 3 is 2.52 bits per heavy atom. The summed E-state index contributed by atoms with van der Waals surface area (Å²) in [6.45, 7) is 8.24. The number of rotatable bonds is 10. The first-order chi connectivity index (χ1) is 15.9. The van der Waals surface area contributed by atoms with Crippen molar-refractivity contribution in [3.8, 4) is 11.1 Å². The molecule has 3 nitrogen and oxygen atoms in total. The van der Waals surface area contributed by atoms with Crippen LogP contribution in [0.25, 0.3) is 11.1 Å². The van der Waals surface area contributed by atoms with Gasteiger partial charge in [-0.25, -0.2) is 9.18 Å². The molecule has 0 aliphatic heterocycles. The number of esters is 1. The van der Waals surface area contributed by atoms with Gasteiger partial charge in [-0.1, -0.05) is 63.6 Å². The molecule has 178 valence electrons. The van der Waals surface area contributed by atoms with Crippen molar-refractivity contribution in [1.29, 1.82) is 0 Å². The number of hydrogen-bond acceptors (Lipinski definition) is 3. The van der Waals surface area contributed by atoms with Crippen LogP contribution in [0.15, 0.2) is 48.6 Å². The minimum absolute atomic E-state index is 0.0563. The number of ether oxygens (including phenoxy) is 1. The number of halogens is 1. The first kappa shape index (κ1) is 25.2. The number of carbonyl (C=O) groups excluding carboxylic acids is 1. The van der Waals surface area contributed by atoms with E-state index < -0.39 is 0 Å². The first-order valence-electron chi connectivity index (χ1n) is 12.3. The summed E-state index contributed by atoms with van der Waals surface area (Å²) in [7, 11) is 0. The Kier molecular flexibility index (Phi) is 9.25. The molecular formula is C29H37FO3. The summed E-state index contributed by atoms with van der Waals surface area (Å²) < 4.78 is 20.4. The van der Waals surface area contributed by atoms with Crippen molar-refractivity contribution in [1.82, 2.24) is 0 Å². The normalized spacial score (nSPS) is 18.2. The van der Waals surface area contributed by atoms with Gasteiger partial charge in [0.2, 0.25) is 0 Å². The lowest BCUT2D eigenvalue weighted by Crippen LogP contribution is -2.11. The maximum absolute atomic E-state index is 15.1. The Bertz CT molecular complexity index is 957. The summed E-state index contributed by atoms with van der Waals surface area (Å²) in [5.41, 5.74) is 5.11. The molecular weight excluding hydrogens is 415 g/mol. The Balaban J connectivity index is 1.72. The molecule has 1 N–H and O–H groups in total. The van der Waals surface area contributed by atoms with Crippen molar-refractivity contribution >= 4 is 5.97 Å². The van der Waals surface area contributed by atoms with Gasteiger partial charge in [0, 0.05) is 17.7 Å². The second-order valence-corrected chi connectivity index (χ2v) is 9.35. The Morgan fingerprint density at radius 1 is 1.09 bits per heavy atom. The van der Waals surface area contributed by atoms with Crippen LogP contribution in [-0.4, -0.2) is 24.3 Å². The largest absolute Gasteiger partial charge is 0.462 e. The van der Waals surface area contributed by atoms with E-state index in [1.807, 2.05) is 31.2 Å². The van der Waals surface area contributed by atoms with Gasteiger partial charge in [0.25, 0.3) is 0 Å². The lowest BCUT2D eigenvalue weighted by molar-refractivity contribution is -0.139. The molecule has 1 aliphatic rings. The van der Waals surface area contributed by atoms with Crippen molar-refractivity contribution in [3.05, 3.63) is 71.1 Å². The van der Waals surface area contributed by atoms with Crippen molar-refractivity contribution in [2.45, 2.75) is 71.1 Å². The Labute approximate surface area is 197 Å². The summed E-state index contributed by atoms with van der Waals surface area (Å²) in [4.78, 5) is 11.8. The van der Waals surface area contributed by atoms with E-state index in [2.05, 4.69) is 19.6 Å². The number of hydrogen-bond donors (Lipinski definition) is 1. The zero-order valence-electron chi connectivity index (χ0n) is 20.0. The van der Waals surface area contributed by atoms with E-state index in [-0.39, 0.29) is 18.4 Å². The van der Waals surface area contributed by atoms with Crippen LogP contribution >= 0.6 is 0 Å². The van der Waals surface area contributed by atoms with E-state index in [4.69, 9.17) is 4.74 Å². The van der Waals surface area contributed by atoms with E-state index in [1.165, 1.54) is 12.8 Å². The third kappa shape index (κ3) is 6.77. The maximum atomic E-state index is 15.1. The van der Waals surface area contributed by atoms with Gasteiger partial charge >= 0.3 is 5.97 Å². The van der Waals surface area contributed by atoms with Gasteiger partial charge in [-0.3, -0.25) is 0 Å². The molecule has 0 aromatic heterocycles. The van der Waals surface area contributed by atoms with E-state index >= 15 is 4.39 Å². The molecule has 0 bridgehead atoms. The van der Waals surface area contributed by atoms with Crippen molar-refractivity contribution in [3.63, 3.8) is 0 Å². The fraction of sp³-hybridized carbons (Fsp3) is 0.483. The summed E-state index contributed by atoms with van der Waals surface area (Å²) in [5.74, 6) is 0.698. The van der Waals surface area contributed by atoms with Crippen molar-refractivity contribution in [2.24, 2.45) is 5.92 Å². The molecule has 0 unspecified atom stereocenters. The predicted octanol–water partition coefficient (Wildman–Crippen LogP) is 6.76. The number of aryl methyl sites for hydroxylation is 1. The predicted molar refractivity (Wildman–Crippen MR) is 132 cm³/mol. The molecule has 0 radical (unpaired) electrons. The summed E-state index contributed by atoms with van der Waals surface area (Å²) in [6, 6.07) is 11.6. The number of aliphatic hydroxyl groups excluding tert-OH is 1. The van der Waals surface area contributed by atoms with Gasteiger partial charge in [0.15, 0.2) is 0 Å². The second kappa shape index (κ2) is 12.1. The monoisotopic (exact) mass is 452 g/mol. The lowest BCUT2D eigenvalue weighted by Gasteiger charge is -2.26. The van der Waals surface area contributed by atoms with E-state index in [0.717, 1.165) is 41.0 Å². The Hall–Kier alpha value is -2.46. The molecule has 0 atom stereocenters. The van der Waals surface area contributed by atoms with E-state index in [1.54, 1.807) is 6.07 Å². The summed E-state index contributed by atoms with van der Waals surface area (Å²) >= 11 is 0. The maximum Gasteiger partial charge on any atom is 0.333 e. The molecule has 1 saturated carbocycles. The molecule has 4 heteroatoms. The van der Waals surface area contributed by atoms with E-state index in [9.17, 15) is 9.90 Å². The average molecular weight is 453 g/mol. The average Bonchev–Trinajstić information content (AvgIpc) is 2.82. The van der Waals surface area contributed by atoms with Crippen LogP contribution in [0.4, 0.5) is 4.39 Å². The highest BCUT2D eigenvalue weighted by molar-refractivity contribution is 5.87. The summed E-state index contributed by atoms with van der Waals surface area (Å²) in [5, 5.41) is 9.44. The minimum atomic E-state index is -0.351. The van der Waals surface area contributed by atoms with Gasteiger partial charge in [-0.2, -0.15) is 0 Å². The highest BCUT2D eigenvalue weighted by atomic mass is 19.1. The second-order valence-electron chi connectivity index (χ2n) is 9.35. The first-order valence-corrected chi connectivity index (χ1v) is 12.3. The standard InChI is InChI=1S/C29H37FO3/c1-4-21(3)29(32)33-17-5-6-24-18-26(12-11-23(24)15-16-31)27-14-13-25(19-28(27)30)22-9-7-20(2)8-10-22/h11-14,18-20,22,31H,3-10,15-17H2,1-2H3. The molecule has 0 spiro atoms. The fourth-order valence-corrected chi connectivity index (χ4v) is 4.68. The molecule has 1 fully saturated rings. The molecule has 0 saturated heterocycles. The lowest BCUT2D eigenvalue weighted by atomic mass is 9.79. The number of carbonyl (C=O) groups is 1. The van der Waals surface area contributed by atoms with Crippen LogP contribution in [0.1, 0.15) is 75.0 Å². The van der Waals surface area contributed by atoms with Gasteiger partial charge in [-0.15, -0.1) is 0 Å². The molecule has 2 aromatic carbocycles. The zero-order chi connectivity index (χ0) is 23.8. The highest BCUT2D eigenvalue weighted by Gasteiger charge is 2.21. The topological polar surface area (TPSA) is 46.5 Å². The van der Waals surface area contributed by atoms with Crippen LogP contribution < -0.4 is 0 Å². The number of aliphatic hydroxyl groups is 1. The van der Waals surface area contributed by atoms with Gasteiger partial charge < -0.3 is 9.84 Å². The third-order valence-electron chi connectivity index (χ3n) is 6.92. The van der Waals surface area contributed by atoms with E-state index in [0.29, 0.717) is 49.3 Å². The number of benzene rings is 2. The summed E-state index contributed by atoms with van der Waals surface area (Å²) in [6.07, 6.45) is 7.17. The van der Waals surface area contributed by atoms with Gasteiger partial charge in [0.05, 0.1) is 6.61 Å². The minimum Gasteiger partial charge on any atom is -0.462 e. The molecule has 33 heavy (non-hydrogen) atoms.